The van der Waals surface area contributed by atoms with E-state index in [1.54, 1.807) is 19.2 Å². The molecule has 1 fully saturated rings. The summed E-state index contributed by atoms with van der Waals surface area (Å²) in [6, 6.07) is 15.6. The van der Waals surface area contributed by atoms with Crippen molar-refractivity contribution in [2.75, 3.05) is 47.5 Å². The molecule has 0 saturated carbocycles. The van der Waals surface area contributed by atoms with Crippen LogP contribution in [0.5, 0.6) is 0 Å². The minimum atomic E-state index is -1.83. The third-order valence-electron chi connectivity index (χ3n) is 6.75. The molecule has 2 aromatic carbocycles. The van der Waals surface area contributed by atoms with Crippen LogP contribution in [-0.4, -0.2) is 91.1 Å². The summed E-state index contributed by atoms with van der Waals surface area (Å²) in [6.07, 6.45) is -0.987. The first-order valence-electron chi connectivity index (χ1n) is 11.8. The number of likely N-dealkylation sites (tertiary alicyclic amines) is 1. The van der Waals surface area contributed by atoms with E-state index in [4.69, 9.17) is 14.7 Å². The van der Waals surface area contributed by atoms with Crippen molar-refractivity contribution in [2.24, 2.45) is 0 Å². The number of rotatable bonds is 12. The number of hydroxylamine groups is 1. The molecule has 1 saturated heterocycles. The molecule has 0 aliphatic carbocycles. The zero-order valence-corrected chi connectivity index (χ0v) is 21.2. The van der Waals surface area contributed by atoms with Gasteiger partial charge in [-0.15, -0.1) is 0 Å². The van der Waals surface area contributed by atoms with Crippen LogP contribution in [0.1, 0.15) is 24.3 Å². The van der Waals surface area contributed by atoms with Crippen molar-refractivity contribution in [2.45, 2.75) is 31.3 Å². The topological polar surface area (TPSA) is 124 Å². The molecule has 36 heavy (non-hydrogen) atoms. The first-order chi connectivity index (χ1) is 17.2. The maximum absolute atomic E-state index is 12.4. The Labute approximate surface area is 211 Å². The zero-order valence-electron chi connectivity index (χ0n) is 21.2. The fraction of sp³-hybridized carbons (Fsp3) is 0.462. The van der Waals surface area contributed by atoms with E-state index in [0.29, 0.717) is 18.8 Å². The first kappa shape index (κ1) is 27.7. The molecule has 1 unspecified atom stereocenters. The van der Waals surface area contributed by atoms with Gasteiger partial charge >= 0.3 is 0 Å². The molecule has 4 N–H and O–H groups in total. The third kappa shape index (κ3) is 6.09. The highest BCUT2D eigenvalue weighted by molar-refractivity contribution is 6.08. The van der Waals surface area contributed by atoms with Crippen LogP contribution in [0.25, 0.3) is 11.1 Å². The van der Waals surface area contributed by atoms with Crippen LogP contribution in [0.4, 0.5) is 0 Å². The highest BCUT2D eigenvalue weighted by atomic mass is 16.5. The van der Waals surface area contributed by atoms with Gasteiger partial charge in [0.2, 0.25) is 5.91 Å². The van der Waals surface area contributed by atoms with Gasteiger partial charge in [-0.3, -0.25) is 24.6 Å². The van der Waals surface area contributed by atoms with Gasteiger partial charge in [0.25, 0.3) is 5.91 Å². The average molecular weight is 501 g/mol. The molecule has 0 radical (unpaired) electrons. The van der Waals surface area contributed by atoms with Gasteiger partial charge in [0.15, 0.2) is 5.54 Å². The minimum Gasteiger partial charge on any atom is -0.382 e. The molecule has 1 aliphatic heterocycles. The number of carbonyl (C=O) groups is 2. The summed E-state index contributed by atoms with van der Waals surface area (Å²) in [5.74, 6) is -1.62. The molecule has 1 heterocycles. The zero-order chi connectivity index (χ0) is 26.3. The number of aliphatic hydroxyl groups is 1. The SMILES string of the molecule is CNC(=O)[C@@](C)(C(=O)NO)N(C)C(O)c1ccc(-c2ccc(CN3CC(OCCOC)C3)cc2)cc1. The Kier molecular flexibility index (Phi) is 9.55. The number of carbonyl (C=O) groups excluding carboxylic acids is 2. The summed E-state index contributed by atoms with van der Waals surface area (Å²) < 4.78 is 10.7. The van der Waals surface area contributed by atoms with Crippen molar-refractivity contribution in [1.82, 2.24) is 20.6 Å². The molecular formula is C26H36N4O6. The van der Waals surface area contributed by atoms with Gasteiger partial charge in [-0.2, -0.15) is 0 Å². The number of likely N-dealkylation sites (N-methyl/N-ethyl adjacent to an activating group) is 2. The molecule has 2 aromatic rings. The van der Waals surface area contributed by atoms with E-state index < -0.39 is 23.6 Å². The predicted molar refractivity (Wildman–Crippen MR) is 134 cm³/mol. The number of nitrogens with zero attached hydrogens (tertiary/aromatic N) is 2. The number of hydrogen-bond acceptors (Lipinski definition) is 8. The second-order valence-electron chi connectivity index (χ2n) is 9.08. The molecule has 2 amide bonds. The Morgan fingerprint density at radius 1 is 1.08 bits per heavy atom. The lowest BCUT2D eigenvalue weighted by atomic mass is 9.96. The van der Waals surface area contributed by atoms with Crippen LogP contribution < -0.4 is 10.8 Å². The van der Waals surface area contributed by atoms with E-state index in [1.807, 2.05) is 12.1 Å². The van der Waals surface area contributed by atoms with Gasteiger partial charge in [0, 0.05) is 33.8 Å². The van der Waals surface area contributed by atoms with E-state index in [9.17, 15) is 14.7 Å². The van der Waals surface area contributed by atoms with Crippen molar-refractivity contribution in [3.05, 3.63) is 59.7 Å². The second kappa shape index (κ2) is 12.4. The third-order valence-corrected chi connectivity index (χ3v) is 6.75. The van der Waals surface area contributed by atoms with Crippen LogP contribution in [0.15, 0.2) is 48.5 Å². The molecule has 0 bridgehead atoms. The maximum Gasteiger partial charge on any atom is 0.273 e. The fourth-order valence-electron chi connectivity index (χ4n) is 4.21. The molecular weight excluding hydrogens is 464 g/mol. The van der Waals surface area contributed by atoms with Crippen LogP contribution in [0.2, 0.25) is 0 Å². The van der Waals surface area contributed by atoms with Crippen molar-refractivity contribution < 1.29 is 29.4 Å². The number of ether oxygens (including phenoxy) is 2. The minimum absolute atomic E-state index is 0.277. The van der Waals surface area contributed by atoms with Crippen molar-refractivity contribution >= 4 is 11.8 Å². The largest absolute Gasteiger partial charge is 0.382 e. The number of methoxy groups -OCH3 is 1. The van der Waals surface area contributed by atoms with Gasteiger partial charge in [-0.1, -0.05) is 48.5 Å². The molecule has 10 nitrogen and oxygen atoms in total. The number of hydrogen-bond donors (Lipinski definition) is 4. The molecule has 2 atom stereocenters. The maximum atomic E-state index is 12.4. The Hall–Kier alpha value is -2.86. The first-order valence-corrected chi connectivity index (χ1v) is 11.8. The molecule has 0 spiro atoms. The summed E-state index contributed by atoms with van der Waals surface area (Å²) >= 11 is 0. The average Bonchev–Trinajstić information content (AvgIpc) is 2.89. The fourth-order valence-corrected chi connectivity index (χ4v) is 4.21. The summed E-state index contributed by atoms with van der Waals surface area (Å²) in [4.78, 5) is 28.2. The Bertz CT molecular complexity index is 992. The van der Waals surface area contributed by atoms with Crippen LogP contribution in [0, 0.1) is 0 Å². The van der Waals surface area contributed by atoms with Crippen molar-refractivity contribution in [3.63, 3.8) is 0 Å². The van der Waals surface area contributed by atoms with E-state index >= 15 is 0 Å². The van der Waals surface area contributed by atoms with Gasteiger partial charge < -0.3 is 19.9 Å². The summed E-state index contributed by atoms with van der Waals surface area (Å²) in [7, 11) is 4.49. The quantitative estimate of drug-likeness (QED) is 0.112. The predicted octanol–water partition coefficient (Wildman–Crippen LogP) is 1.13. The second-order valence-corrected chi connectivity index (χ2v) is 9.08. The van der Waals surface area contributed by atoms with Gasteiger partial charge in [0.1, 0.15) is 6.23 Å². The van der Waals surface area contributed by atoms with E-state index in [-0.39, 0.29) is 6.10 Å². The number of aliphatic hydroxyl groups excluding tert-OH is 1. The molecule has 10 heteroatoms. The van der Waals surface area contributed by atoms with E-state index in [1.165, 1.54) is 37.0 Å². The van der Waals surface area contributed by atoms with Crippen LogP contribution in [0.3, 0.4) is 0 Å². The lowest BCUT2D eigenvalue weighted by molar-refractivity contribution is -0.158. The Morgan fingerprint density at radius 3 is 2.19 bits per heavy atom. The van der Waals surface area contributed by atoms with E-state index in [0.717, 1.165) is 30.8 Å². The summed E-state index contributed by atoms with van der Waals surface area (Å²) in [5.41, 5.74) is 3.40. The normalized spacial score (nSPS) is 16.8. The van der Waals surface area contributed by atoms with Crippen LogP contribution in [-0.2, 0) is 25.6 Å². The van der Waals surface area contributed by atoms with Crippen LogP contribution >= 0.6 is 0 Å². The highest BCUT2D eigenvalue weighted by Crippen LogP contribution is 2.28. The van der Waals surface area contributed by atoms with Gasteiger partial charge in [-0.25, -0.2) is 5.48 Å². The molecule has 196 valence electrons. The standard InChI is InChI=1S/C26H36N4O6/c1-26(24(32)27-2,25(33)28-34)29(3)23(31)21-11-9-20(10-12-21)19-7-5-18(6-8-19)15-30-16-22(17-30)36-14-13-35-4/h5-12,22-23,31,34H,13-17H2,1-4H3,(H,27,32)(H,28,33)/t23?,26-/m0/s1. The monoisotopic (exact) mass is 500 g/mol. The molecule has 1 aliphatic rings. The summed E-state index contributed by atoms with van der Waals surface area (Å²) in [6.45, 7) is 5.27. The van der Waals surface area contributed by atoms with E-state index in [2.05, 4.69) is 34.5 Å². The lowest BCUT2D eigenvalue weighted by Gasteiger charge is -2.38. The summed E-state index contributed by atoms with van der Waals surface area (Å²) in [5, 5.41) is 22.4. The highest BCUT2D eigenvalue weighted by Gasteiger charge is 2.47. The Balaban J connectivity index is 1.61. The number of amides is 2. The van der Waals surface area contributed by atoms with Gasteiger partial charge in [-0.05, 0) is 36.2 Å². The molecule has 3 rings (SSSR count). The number of benzene rings is 2. The van der Waals surface area contributed by atoms with Crippen molar-refractivity contribution in [1.29, 1.82) is 0 Å². The lowest BCUT2D eigenvalue weighted by Crippen LogP contribution is -2.63. The molecule has 0 aromatic heterocycles. The van der Waals surface area contributed by atoms with Gasteiger partial charge in [0.05, 0.1) is 19.3 Å². The number of nitrogens with one attached hydrogen (secondary N) is 2. The smallest absolute Gasteiger partial charge is 0.273 e. The van der Waals surface area contributed by atoms with Crippen molar-refractivity contribution in [3.8, 4) is 11.1 Å². The Morgan fingerprint density at radius 2 is 1.67 bits per heavy atom.